The van der Waals surface area contributed by atoms with Crippen molar-refractivity contribution in [1.82, 2.24) is 19.8 Å². The quantitative estimate of drug-likeness (QED) is 0.419. The smallest absolute Gasteiger partial charge is 0.409 e. The predicted molar refractivity (Wildman–Crippen MR) is 154 cm³/mol. The van der Waals surface area contributed by atoms with E-state index in [9.17, 15) is 9.59 Å². The second-order valence-electron chi connectivity index (χ2n) is 11.1. The Morgan fingerprint density at radius 2 is 1.75 bits per heavy atom. The molecule has 3 aliphatic heterocycles. The summed E-state index contributed by atoms with van der Waals surface area (Å²) in [6.07, 6.45) is 9.36. The Kier molecular flexibility index (Phi) is 7.31. The Morgan fingerprint density at radius 3 is 2.48 bits per heavy atom. The molecule has 1 spiro atoms. The highest BCUT2D eigenvalue weighted by Crippen LogP contribution is 2.50. The molecule has 2 saturated heterocycles. The zero-order valence-corrected chi connectivity index (χ0v) is 23.4. The molecule has 2 fully saturated rings. The van der Waals surface area contributed by atoms with Crippen LogP contribution in [-0.4, -0.2) is 85.3 Å². The normalized spacial score (nSPS) is 18.8. The second-order valence-corrected chi connectivity index (χ2v) is 11.1. The molecule has 0 N–H and O–H groups in total. The molecule has 2 aromatic heterocycles. The van der Waals surface area contributed by atoms with Gasteiger partial charge in [-0.2, -0.15) is 0 Å². The fraction of sp³-hybridized carbons (Fsp3) is 0.484. The van der Waals surface area contributed by atoms with Crippen LogP contribution < -0.4 is 9.64 Å². The van der Waals surface area contributed by atoms with E-state index in [4.69, 9.17) is 9.47 Å². The first kappa shape index (κ1) is 26.5. The van der Waals surface area contributed by atoms with E-state index in [1.807, 2.05) is 37.5 Å². The van der Waals surface area contributed by atoms with E-state index in [-0.39, 0.29) is 12.0 Å². The van der Waals surface area contributed by atoms with Gasteiger partial charge >= 0.3 is 6.09 Å². The first-order chi connectivity index (χ1) is 19.5. The van der Waals surface area contributed by atoms with Crippen molar-refractivity contribution >= 4 is 28.6 Å². The number of fused-ring (bicyclic) bond motifs is 4. The summed E-state index contributed by atoms with van der Waals surface area (Å²) >= 11 is 0. The Labute approximate surface area is 235 Å². The highest BCUT2D eigenvalue weighted by Gasteiger charge is 2.52. The van der Waals surface area contributed by atoms with E-state index in [0.29, 0.717) is 38.4 Å². The number of likely N-dealkylation sites (tertiary alicyclic amines) is 2. The van der Waals surface area contributed by atoms with Crippen LogP contribution in [0.5, 0.6) is 5.88 Å². The Bertz CT molecular complexity index is 1390. The van der Waals surface area contributed by atoms with Gasteiger partial charge in [-0.1, -0.05) is 12.5 Å². The van der Waals surface area contributed by atoms with E-state index in [0.717, 1.165) is 46.2 Å². The maximum Gasteiger partial charge on any atom is 0.409 e. The molecule has 1 aromatic carbocycles. The number of carbonyl (C=O) groups is 2. The molecule has 0 saturated carbocycles. The van der Waals surface area contributed by atoms with Crippen molar-refractivity contribution in [2.45, 2.75) is 43.9 Å². The van der Waals surface area contributed by atoms with E-state index >= 15 is 0 Å². The van der Waals surface area contributed by atoms with Crippen molar-refractivity contribution in [1.29, 1.82) is 0 Å². The number of anilines is 1. The lowest BCUT2D eigenvalue weighted by Gasteiger charge is -2.38. The molecule has 9 nitrogen and oxygen atoms in total. The van der Waals surface area contributed by atoms with Gasteiger partial charge in [-0.3, -0.25) is 9.78 Å². The molecule has 210 valence electrons. The Hall–Kier alpha value is -3.72. The van der Waals surface area contributed by atoms with Crippen molar-refractivity contribution in [3.63, 3.8) is 0 Å². The van der Waals surface area contributed by atoms with Crippen molar-refractivity contribution < 1.29 is 19.1 Å². The molecular formula is C31H37N5O4. The predicted octanol–water partition coefficient (Wildman–Crippen LogP) is 4.63. The summed E-state index contributed by atoms with van der Waals surface area (Å²) in [4.78, 5) is 40.9. The number of nitrogens with zero attached hydrogens (tertiary/aromatic N) is 5. The summed E-state index contributed by atoms with van der Waals surface area (Å²) < 4.78 is 10.8. The monoisotopic (exact) mass is 543 g/mol. The number of benzene rings is 1. The van der Waals surface area contributed by atoms with Gasteiger partial charge in [0.15, 0.2) is 0 Å². The minimum atomic E-state index is -0.682. The van der Waals surface area contributed by atoms with Crippen LogP contribution in [0.2, 0.25) is 0 Å². The molecule has 0 bridgehead atoms. The molecule has 6 rings (SSSR count). The SMILES string of the molecule is COC(=O)N1CCC2(CC1)C(=O)N(C)c1cnc3ccc(-c4ccc(OCCCN5CCCCC5)nc4)cc3c12. The summed E-state index contributed by atoms with van der Waals surface area (Å²) in [6, 6.07) is 10.1. The van der Waals surface area contributed by atoms with Gasteiger partial charge in [0.25, 0.3) is 0 Å². The molecule has 2 amide bonds. The van der Waals surface area contributed by atoms with Crippen molar-refractivity contribution in [2.24, 2.45) is 0 Å². The van der Waals surface area contributed by atoms with Gasteiger partial charge in [-0.15, -0.1) is 0 Å². The number of piperidine rings is 2. The summed E-state index contributed by atoms with van der Waals surface area (Å²) in [7, 11) is 3.20. The number of carbonyl (C=O) groups excluding carboxylic acids is 2. The third kappa shape index (κ3) is 4.76. The maximum absolute atomic E-state index is 13.7. The van der Waals surface area contributed by atoms with Gasteiger partial charge in [-0.05, 0) is 69.0 Å². The van der Waals surface area contributed by atoms with Crippen LogP contribution in [0.15, 0.2) is 42.7 Å². The van der Waals surface area contributed by atoms with E-state index in [2.05, 4.69) is 20.9 Å². The fourth-order valence-corrected chi connectivity index (χ4v) is 6.60. The van der Waals surface area contributed by atoms with Crippen LogP contribution in [0.4, 0.5) is 10.5 Å². The summed E-state index contributed by atoms with van der Waals surface area (Å²) in [5.74, 6) is 0.699. The Morgan fingerprint density at radius 1 is 0.975 bits per heavy atom. The van der Waals surface area contributed by atoms with Gasteiger partial charge < -0.3 is 24.2 Å². The molecule has 0 aliphatic carbocycles. The molecule has 0 atom stereocenters. The lowest BCUT2D eigenvalue weighted by molar-refractivity contribution is -0.124. The number of likely N-dealkylation sites (N-methyl/N-ethyl adjacent to an activating group) is 1. The molecule has 0 unspecified atom stereocenters. The van der Waals surface area contributed by atoms with Crippen molar-refractivity contribution in [2.75, 3.05) is 58.4 Å². The number of rotatable bonds is 6. The lowest BCUT2D eigenvalue weighted by Crippen LogP contribution is -2.49. The second kappa shape index (κ2) is 11.0. The van der Waals surface area contributed by atoms with Gasteiger partial charge in [0, 0.05) is 55.5 Å². The Balaban J connectivity index is 1.22. The van der Waals surface area contributed by atoms with Crippen molar-refractivity contribution in [3.8, 4) is 17.0 Å². The first-order valence-electron chi connectivity index (χ1n) is 14.4. The fourth-order valence-electron chi connectivity index (χ4n) is 6.60. The third-order valence-corrected chi connectivity index (χ3v) is 8.84. The average molecular weight is 544 g/mol. The highest BCUT2D eigenvalue weighted by atomic mass is 16.5. The zero-order valence-electron chi connectivity index (χ0n) is 23.4. The minimum absolute atomic E-state index is 0.0650. The van der Waals surface area contributed by atoms with Crippen LogP contribution in [-0.2, 0) is 14.9 Å². The lowest BCUT2D eigenvalue weighted by atomic mass is 9.72. The van der Waals surface area contributed by atoms with Gasteiger partial charge in [-0.25, -0.2) is 9.78 Å². The zero-order chi connectivity index (χ0) is 27.7. The van der Waals surface area contributed by atoms with Crippen molar-refractivity contribution in [3.05, 3.63) is 48.3 Å². The average Bonchev–Trinajstić information content (AvgIpc) is 3.21. The number of aromatic nitrogens is 2. The topological polar surface area (TPSA) is 88.1 Å². The molecule has 3 aromatic rings. The largest absolute Gasteiger partial charge is 0.478 e. The van der Waals surface area contributed by atoms with Gasteiger partial charge in [0.05, 0.1) is 36.5 Å². The van der Waals surface area contributed by atoms with E-state index in [1.54, 1.807) is 16.0 Å². The standard InChI is InChI=1S/C31H37N5O4/c1-34-26-21-32-25-9-7-22(23-8-10-27(33-20-23)40-18-6-15-35-13-4-3-5-14-35)19-24(25)28(26)31(29(34)37)11-16-36(17-12-31)30(38)39-2/h7-10,19-21H,3-6,11-18H2,1-2H3. The summed E-state index contributed by atoms with van der Waals surface area (Å²) in [5.41, 5.74) is 4.01. The van der Waals surface area contributed by atoms with Gasteiger partial charge in [0.2, 0.25) is 11.8 Å². The molecule has 3 aliphatic rings. The molecule has 0 radical (unpaired) electrons. The molecule has 9 heteroatoms. The van der Waals surface area contributed by atoms with E-state index in [1.165, 1.54) is 39.5 Å². The van der Waals surface area contributed by atoms with Crippen LogP contribution in [0, 0.1) is 0 Å². The van der Waals surface area contributed by atoms with Crippen LogP contribution >= 0.6 is 0 Å². The third-order valence-electron chi connectivity index (χ3n) is 8.84. The highest BCUT2D eigenvalue weighted by molar-refractivity contribution is 6.12. The van der Waals surface area contributed by atoms with Crippen LogP contribution in [0.3, 0.4) is 0 Å². The van der Waals surface area contributed by atoms with Crippen LogP contribution in [0.25, 0.3) is 22.0 Å². The summed E-state index contributed by atoms with van der Waals surface area (Å²) in [5, 5.41) is 0.970. The molecular weight excluding hydrogens is 506 g/mol. The maximum atomic E-state index is 13.7. The number of amides is 2. The molecule has 40 heavy (non-hydrogen) atoms. The number of hydrogen-bond donors (Lipinski definition) is 0. The van der Waals surface area contributed by atoms with Gasteiger partial charge in [0.1, 0.15) is 0 Å². The van der Waals surface area contributed by atoms with E-state index < -0.39 is 5.41 Å². The number of hydrogen-bond acceptors (Lipinski definition) is 7. The molecule has 5 heterocycles. The van der Waals surface area contributed by atoms with Crippen LogP contribution in [0.1, 0.15) is 44.1 Å². The number of methoxy groups -OCH3 is 1. The number of ether oxygens (including phenoxy) is 2. The first-order valence-corrected chi connectivity index (χ1v) is 14.4. The number of pyridine rings is 2. The minimum Gasteiger partial charge on any atom is -0.478 e. The summed E-state index contributed by atoms with van der Waals surface area (Å²) in [6.45, 7) is 5.09.